The Bertz CT molecular complexity index is 401. The second kappa shape index (κ2) is 5.95. The Morgan fingerprint density at radius 1 is 1.47 bits per heavy atom. The molecule has 0 amide bonds. The van der Waals surface area contributed by atoms with Crippen molar-refractivity contribution >= 4 is 11.7 Å². The van der Waals surface area contributed by atoms with E-state index >= 15 is 0 Å². The molecule has 92 valence electrons. The summed E-state index contributed by atoms with van der Waals surface area (Å²) in [6, 6.07) is 5.70. The van der Waals surface area contributed by atoms with Crippen LogP contribution in [0.15, 0.2) is 24.3 Å². The Morgan fingerprint density at radius 3 is 2.47 bits per heavy atom. The fourth-order valence-corrected chi connectivity index (χ4v) is 1.44. The van der Waals surface area contributed by atoms with Gasteiger partial charge in [0.25, 0.3) is 5.69 Å². The van der Waals surface area contributed by atoms with Crippen LogP contribution in [0, 0.1) is 10.1 Å². The van der Waals surface area contributed by atoms with Gasteiger partial charge in [-0.1, -0.05) is 0 Å². The maximum atomic E-state index is 10.6. The van der Waals surface area contributed by atoms with E-state index in [1.165, 1.54) is 24.3 Å². The van der Waals surface area contributed by atoms with Crippen molar-refractivity contribution in [3.05, 3.63) is 39.9 Å². The smallest absolute Gasteiger partial charge is 0.306 e. The van der Waals surface area contributed by atoms with Gasteiger partial charge in [0.05, 0.1) is 17.4 Å². The fourth-order valence-electron chi connectivity index (χ4n) is 1.44. The number of nitro groups is 1. The summed E-state index contributed by atoms with van der Waals surface area (Å²) in [6.07, 6.45) is -0.732. The Hall–Kier alpha value is -1.95. The molecule has 0 spiro atoms. The molecule has 0 aliphatic carbocycles. The van der Waals surface area contributed by atoms with E-state index in [-0.39, 0.29) is 12.1 Å². The van der Waals surface area contributed by atoms with E-state index in [1.807, 2.05) is 0 Å². The number of benzene rings is 1. The average molecular weight is 239 g/mol. The molecule has 0 heterocycles. The van der Waals surface area contributed by atoms with Crippen LogP contribution >= 0.6 is 0 Å². The summed E-state index contributed by atoms with van der Waals surface area (Å²) in [5.74, 6) is -0.971. The molecular weight excluding hydrogens is 226 g/mol. The first-order valence-corrected chi connectivity index (χ1v) is 5.12. The number of non-ortho nitro benzene ring substituents is 1. The third kappa shape index (κ3) is 3.84. The largest absolute Gasteiger partial charge is 0.481 e. The predicted molar refractivity (Wildman–Crippen MR) is 59.7 cm³/mol. The number of nitrogens with zero attached hydrogens (tertiary/aromatic N) is 1. The molecule has 1 N–H and O–H groups in total. The minimum absolute atomic E-state index is 0.0284. The van der Waals surface area contributed by atoms with Gasteiger partial charge >= 0.3 is 5.97 Å². The molecule has 1 rings (SSSR count). The Labute approximate surface area is 98.0 Å². The summed E-state index contributed by atoms with van der Waals surface area (Å²) in [4.78, 5) is 20.6. The molecule has 6 heteroatoms. The number of carboxylic acids is 1. The second-order valence-corrected chi connectivity index (χ2v) is 3.39. The minimum atomic E-state index is -0.971. The molecule has 0 aliphatic rings. The molecule has 0 fully saturated rings. The third-order valence-corrected chi connectivity index (χ3v) is 2.20. The average Bonchev–Trinajstić information content (AvgIpc) is 2.28. The number of hydrogen-bond donors (Lipinski definition) is 1. The lowest BCUT2D eigenvalue weighted by Gasteiger charge is -2.14. The SMILES string of the molecule is CCOC(CC(=O)O)c1ccc([N+](=O)[O-])cc1. The van der Waals surface area contributed by atoms with E-state index in [1.54, 1.807) is 6.92 Å². The van der Waals surface area contributed by atoms with Crippen molar-refractivity contribution < 1.29 is 19.6 Å². The Balaban J connectivity index is 2.86. The summed E-state index contributed by atoms with van der Waals surface area (Å²) >= 11 is 0. The highest BCUT2D eigenvalue weighted by atomic mass is 16.6. The fraction of sp³-hybridized carbons (Fsp3) is 0.364. The highest BCUT2D eigenvalue weighted by Gasteiger charge is 2.16. The molecule has 1 unspecified atom stereocenters. The molecule has 0 aromatic heterocycles. The monoisotopic (exact) mass is 239 g/mol. The van der Waals surface area contributed by atoms with Crippen LogP contribution in [0.1, 0.15) is 25.0 Å². The van der Waals surface area contributed by atoms with Crippen LogP contribution in [0.5, 0.6) is 0 Å². The predicted octanol–water partition coefficient (Wildman–Crippen LogP) is 2.15. The van der Waals surface area contributed by atoms with Gasteiger partial charge in [-0.15, -0.1) is 0 Å². The van der Waals surface area contributed by atoms with Crippen molar-refractivity contribution in [1.82, 2.24) is 0 Å². The molecule has 1 aromatic rings. The van der Waals surface area contributed by atoms with Crippen LogP contribution in [0.3, 0.4) is 0 Å². The normalized spacial score (nSPS) is 12.1. The number of ether oxygens (including phenoxy) is 1. The second-order valence-electron chi connectivity index (χ2n) is 3.39. The lowest BCUT2D eigenvalue weighted by molar-refractivity contribution is -0.384. The minimum Gasteiger partial charge on any atom is -0.481 e. The summed E-state index contributed by atoms with van der Waals surface area (Å²) < 4.78 is 5.29. The van der Waals surface area contributed by atoms with Crippen LogP contribution in [-0.2, 0) is 9.53 Å². The van der Waals surface area contributed by atoms with Crippen molar-refractivity contribution in [3.63, 3.8) is 0 Å². The molecule has 0 aliphatic heterocycles. The number of carbonyl (C=O) groups is 1. The maximum absolute atomic E-state index is 10.6. The first kappa shape index (κ1) is 13.1. The number of carboxylic acid groups (broad SMARTS) is 1. The zero-order valence-corrected chi connectivity index (χ0v) is 9.33. The van der Waals surface area contributed by atoms with Crippen molar-refractivity contribution in [1.29, 1.82) is 0 Å². The molecule has 0 bridgehead atoms. The van der Waals surface area contributed by atoms with Gasteiger partial charge in [-0.05, 0) is 24.6 Å². The quantitative estimate of drug-likeness (QED) is 0.606. The molecular formula is C11H13NO5. The first-order valence-electron chi connectivity index (χ1n) is 5.12. The third-order valence-electron chi connectivity index (χ3n) is 2.20. The van der Waals surface area contributed by atoms with Crippen LogP contribution in [0.4, 0.5) is 5.69 Å². The van der Waals surface area contributed by atoms with Gasteiger partial charge in [0.1, 0.15) is 0 Å². The van der Waals surface area contributed by atoms with Gasteiger partial charge in [0.2, 0.25) is 0 Å². The molecule has 1 atom stereocenters. The van der Waals surface area contributed by atoms with Crippen molar-refractivity contribution in [2.45, 2.75) is 19.4 Å². The Morgan fingerprint density at radius 2 is 2.06 bits per heavy atom. The van der Waals surface area contributed by atoms with E-state index in [0.29, 0.717) is 12.2 Å². The van der Waals surface area contributed by atoms with E-state index in [9.17, 15) is 14.9 Å². The van der Waals surface area contributed by atoms with Crippen LogP contribution in [0.25, 0.3) is 0 Å². The maximum Gasteiger partial charge on any atom is 0.306 e. The van der Waals surface area contributed by atoms with Gasteiger partial charge in [0, 0.05) is 18.7 Å². The van der Waals surface area contributed by atoms with E-state index in [0.717, 1.165) is 0 Å². The van der Waals surface area contributed by atoms with Crippen LogP contribution in [-0.4, -0.2) is 22.6 Å². The topological polar surface area (TPSA) is 89.7 Å². The standard InChI is InChI=1S/C11H13NO5/c1-2-17-10(7-11(13)14)8-3-5-9(6-4-8)12(15)16/h3-6,10H,2,7H2,1H3,(H,13,14). The van der Waals surface area contributed by atoms with Crippen molar-refractivity contribution in [2.24, 2.45) is 0 Å². The molecule has 0 saturated heterocycles. The first-order chi connectivity index (χ1) is 8.04. The van der Waals surface area contributed by atoms with Gasteiger partial charge < -0.3 is 9.84 Å². The van der Waals surface area contributed by atoms with E-state index < -0.39 is 17.0 Å². The molecule has 1 aromatic carbocycles. The van der Waals surface area contributed by atoms with E-state index in [4.69, 9.17) is 9.84 Å². The Kier molecular flexibility index (Phi) is 4.59. The summed E-state index contributed by atoms with van der Waals surface area (Å²) in [5.41, 5.74) is 0.596. The van der Waals surface area contributed by atoms with E-state index in [2.05, 4.69) is 0 Å². The zero-order chi connectivity index (χ0) is 12.8. The van der Waals surface area contributed by atoms with Gasteiger partial charge in [0.15, 0.2) is 0 Å². The lowest BCUT2D eigenvalue weighted by atomic mass is 10.1. The van der Waals surface area contributed by atoms with Crippen LogP contribution in [0.2, 0.25) is 0 Å². The molecule has 6 nitrogen and oxygen atoms in total. The summed E-state index contributed by atoms with van der Waals surface area (Å²) in [7, 11) is 0. The zero-order valence-electron chi connectivity index (χ0n) is 9.33. The van der Waals surface area contributed by atoms with Gasteiger partial charge in [-0.2, -0.15) is 0 Å². The lowest BCUT2D eigenvalue weighted by Crippen LogP contribution is -2.10. The van der Waals surface area contributed by atoms with Crippen molar-refractivity contribution in [2.75, 3.05) is 6.61 Å². The highest BCUT2D eigenvalue weighted by molar-refractivity contribution is 5.67. The number of nitro benzene ring substituents is 1. The summed E-state index contributed by atoms with van der Waals surface area (Å²) in [5, 5.41) is 19.2. The van der Waals surface area contributed by atoms with Gasteiger partial charge in [-0.3, -0.25) is 14.9 Å². The number of rotatable bonds is 6. The van der Waals surface area contributed by atoms with Crippen LogP contribution < -0.4 is 0 Å². The number of aliphatic carboxylic acids is 1. The van der Waals surface area contributed by atoms with Crippen molar-refractivity contribution in [3.8, 4) is 0 Å². The van der Waals surface area contributed by atoms with Gasteiger partial charge in [-0.25, -0.2) is 0 Å². The highest BCUT2D eigenvalue weighted by Crippen LogP contribution is 2.23. The number of hydrogen-bond acceptors (Lipinski definition) is 4. The molecule has 0 saturated carbocycles. The summed E-state index contributed by atoms with van der Waals surface area (Å²) in [6.45, 7) is 2.15. The molecule has 0 radical (unpaired) electrons. The molecule has 17 heavy (non-hydrogen) atoms.